The average molecular weight is 395 g/mol. The Kier molecular flexibility index (Phi) is 4.73. The average Bonchev–Trinajstić information content (AvgIpc) is 3.20. The highest BCUT2D eigenvalue weighted by Crippen LogP contribution is 2.48. The van der Waals surface area contributed by atoms with Gasteiger partial charge in [-0.2, -0.15) is 0 Å². The number of methoxy groups -OCH3 is 2. The summed E-state index contributed by atoms with van der Waals surface area (Å²) in [5.41, 5.74) is 1.84. The number of carbonyl (C=O) groups is 2. The third-order valence-electron chi connectivity index (χ3n) is 5.62. The number of hydrogen-bond donors (Lipinski definition) is 0. The normalized spacial score (nSPS) is 21.2. The number of nitrogens with zero attached hydrogens (tertiary/aromatic N) is 1. The Balaban J connectivity index is 1.91. The number of hydrogen-bond acceptors (Lipinski definition) is 5. The van der Waals surface area contributed by atoms with Gasteiger partial charge in [0.2, 0.25) is 5.91 Å². The number of ketones is 1. The lowest BCUT2D eigenvalue weighted by molar-refractivity contribution is -0.121. The maximum atomic E-state index is 13.3. The molecule has 0 spiro atoms. The van der Waals surface area contributed by atoms with Crippen molar-refractivity contribution in [3.05, 3.63) is 53.6 Å². The van der Waals surface area contributed by atoms with Crippen LogP contribution in [0.4, 0.5) is 5.69 Å². The number of allylic oxidation sites excluding steroid dienone is 2. The number of rotatable bonds is 4. The number of furan rings is 1. The Morgan fingerprint density at radius 1 is 1.07 bits per heavy atom. The molecule has 4 rings (SSSR count). The van der Waals surface area contributed by atoms with E-state index in [-0.39, 0.29) is 29.4 Å². The van der Waals surface area contributed by atoms with Gasteiger partial charge in [0, 0.05) is 42.3 Å². The van der Waals surface area contributed by atoms with Crippen LogP contribution < -0.4 is 14.4 Å². The third kappa shape index (κ3) is 3.43. The summed E-state index contributed by atoms with van der Waals surface area (Å²) < 4.78 is 16.4. The standard InChI is InChI=1S/C23H25NO5/c1-23(2)12-18-22(19(25)13-23)17(20-6-5-7-29-20)11-21(26)24(18)14-8-15(27-3)10-16(9-14)28-4/h5-10,17H,11-13H2,1-4H3. The Morgan fingerprint density at radius 2 is 1.76 bits per heavy atom. The van der Waals surface area contributed by atoms with Crippen molar-refractivity contribution in [2.24, 2.45) is 5.41 Å². The van der Waals surface area contributed by atoms with E-state index in [9.17, 15) is 9.59 Å². The Hall–Kier alpha value is -3.02. The molecule has 6 nitrogen and oxygen atoms in total. The summed E-state index contributed by atoms with van der Waals surface area (Å²) in [6.45, 7) is 4.11. The zero-order chi connectivity index (χ0) is 20.8. The van der Waals surface area contributed by atoms with Gasteiger partial charge in [0.1, 0.15) is 17.3 Å². The van der Waals surface area contributed by atoms with Gasteiger partial charge in [0.05, 0.1) is 32.1 Å². The predicted molar refractivity (Wildman–Crippen MR) is 108 cm³/mol. The van der Waals surface area contributed by atoms with Gasteiger partial charge < -0.3 is 13.9 Å². The second kappa shape index (κ2) is 7.10. The van der Waals surface area contributed by atoms with Gasteiger partial charge in [-0.1, -0.05) is 13.8 Å². The molecule has 0 fully saturated rings. The van der Waals surface area contributed by atoms with Crippen LogP contribution in [-0.4, -0.2) is 25.9 Å². The van der Waals surface area contributed by atoms with Crippen LogP contribution in [0.2, 0.25) is 0 Å². The maximum absolute atomic E-state index is 13.3. The second-order valence-electron chi connectivity index (χ2n) is 8.37. The van der Waals surface area contributed by atoms with Crippen molar-refractivity contribution >= 4 is 17.4 Å². The van der Waals surface area contributed by atoms with Crippen molar-refractivity contribution in [1.82, 2.24) is 0 Å². The third-order valence-corrected chi connectivity index (χ3v) is 5.62. The molecule has 0 saturated heterocycles. The molecule has 152 valence electrons. The van der Waals surface area contributed by atoms with Crippen molar-refractivity contribution in [1.29, 1.82) is 0 Å². The van der Waals surface area contributed by atoms with Crippen molar-refractivity contribution in [3.8, 4) is 11.5 Å². The summed E-state index contributed by atoms with van der Waals surface area (Å²) >= 11 is 0. The Labute approximate surface area is 170 Å². The van der Waals surface area contributed by atoms with Crippen LogP contribution in [0.3, 0.4) is 0 Å². The molecule has 1 aromatic carbocycles. The lowest BCUT2D eigenvalue weighted by Gasteiger charge is -2.42. The van der Waals surface area contributed by atoms with Crippen LogP contribution >= 0.6 is 0 Å². The smallest absolute Gasteiger partial charge is 0.232 e. The van der Waals surface area contributed by atoms with Gasteiger partial charge in [-0.15, -0.1) is 0 Å². The van der Waals surface area contributed by atoms with Gasteiger partial charge in [-0.3, -0.25) is 14.5 Å². The van der Waals surface area contributed by atoms with Gasteiger partial charge >= 0.3 is 0 Å². The first-order chi connectivity index (χ1) is 13.8. The van der Waals surface area contributed by atoms with Crippen LogP contribution in [0.15, 0.2) is 52.3 Å². The zero-order valence-corrected chi connectivity index (χ0v) is 17.2. The van der Waals surface area contributed by atoms with Crippen LogP contribution in [0.1, 0.15) is 44.8 Å². The maximum Gasteiger partial charge on any atom is 0.232 e. The molecule has 1 aromatic heterocycles. The van der Waals surface area contributed by atoms with E-state index < -0.39 is 0 Å². The number of ether oxygens (including phenoxy) is 2. The summed E-state index contributed by atoms with van der Waals surface area (Å²) in [4.78, 5) is 28.2. The highest BCUT2D eigenvalue weighted by molar-refractivity contribution is 6.07. The molecule has 0 saturated carbocycles. The van der Waals surface area contributed by atoms with Crippen molar-refractivity contribution < 1.29 is 23.5 Å². The van der Waals surface area contributed by atoms with Crippen molar-refractivity contribution in [2.45, 2.75) is 39.0 Å². The second-order valence-corrected chi connectivity index (χ2v) is 8.37. The fraction of sp³-hybridized carbons (Fsp3) is 0.391. The van der Waals surface area contributed by atoms with E-state index in [1.165, 1.54) is 0 Å². The summed E-state index contributed by atoms with van der Waals surface area (Å²) in [6, 6.07) is 8.97. The number of carbonyl (C=O) groups excluding carboxylic acids is 2. The number of Topliss-reactive ketones (excluding diaryl/α,β-unsaturated/α-hetero) is 1. The Morgan fingerprint density at radius 3 is 2.34 bits per heavy atom. The molecule has 6 heteroatoms. The Bertz CT molecular complexity index is 964. The lowest BCUT2D eigenvalue weighted by Crippen LogP contribution is -2.43. The molecular weight excluding hydrogens is 370 g/mol. The fourth-order valence-corrected chi connectivity index (χ4v) is 4.37. The largest absolute Gasteiger partial charge is 0.497 e. The van der Waals surface area contributed by atoms with Gasteiger partial charge in [0.25, 0.3) is 0 Å². The van der Waals surface area contributed by atoms with E-state index in [0.717, 1.165) is 5.70 Å². The first-order valence-electron chi connectivity index (χ1n) is 9.68. The minimum absolute atomic E-state index is 0.0741. The van der Waals surface area contributed by atoms with Crippen LogP contribution in [0.5, 0.6) is 11.5 Å². The molecule has 1 amide bonds. The molecule has 0 radical (unpaired) electrons. The molecule has 1 aliphatic carbocycles. The highest BCUT2D eigenvalue weighted by atomic mass is 16.5. The lowest BCUT2D eigenvalue weighted by atomic mass is 9.70. The molecule has 29 heavy (non-hydrogen) atoms. The summed E-state index contributed by atoms with van der Waals surface area (Å²) in [5, 5.41) is 0. The summed E-state index contributed by atoms with van der Waals surface area (Å²) in [5.74, 6) is 1.48. The van der Waals surface area contributed by atoms with Crippen molar-refractivity contribution in [2.75, 3.05) is 19.1 Å². The predicted octanol–water partition coefficient (Wildman–Crippen LogP) is 4.46. The SMILES string of the molecule is COc1cc(OC)cc(N2C(=O)CC(c3ccco3)C3=C2CC(C)(C)CC3=O)c1. The molecule has 0 bridgehead atoms. The van der Waals surface area contributed by atoms with Crippen LogP contribution in [-0.2, 0) is 9.59 Å². The monoisotopic (exact) mass is 395 g/mol. The van der Waals surface area contributed by atoms with E-state index in [4.69, 9.17) is 13.9 Å². The first kappa shape index (κ1) is 19.3. The van der Waals surface area contributed by atoms with E-state index in [1.54, 1.807) is 49.6 Å². The minimum atomic E-state index is -0.347. The van der Waals surface area contributed by atoms with Gasteiger partial charge in [-0.25, -0.2) is 0 Å². The number of amides is 1. The number of anilines is 1. The van der Waals surface area contributed by atoms with Crippen molar-refractivity contribution in [3.63, 3.8) is 0 Å². The highest BCUT2D eigenvalue weighted by Gasteiger charge is 2.45. The zero-order valence-electron chi connectivity index (χ0n) is 17.2. The molecule has 2 aromatic rings. The van der Waals surface area contributed by atoms with Crippen LogP contribution in [0, 0.1) is 5.41 Å². The molecule has 2 heterocycles. The van der Waals surface area contributed by atoms with E-state index in [2.05, 4.69) is 13.8 Å². The number of benzene rings is 1. The molecule has 0 N–H and O–H groups in total. The molecular formula is C23H25NO5. The van der Waals surface area contributed by atoms with E-state index in [0.29, 0.717) is 41.4 Å². The fourth-order valence-electron chi connectivity index (χ4n) is 4.37. The topological polar surface area (TPSA) is 69.0 Å². The quantitative estimate of drug-likeness (QED) is 0.764. The minimum Gasteiger partial charge on any atom is -0.497 e. The van der Waals surface area contributed by atoms with E-state index >= 15 is 0 Å². The molecule has 1 unspecified atom stereocenters. The summed E-state index contributed by atoms with van der Waals surface area (Å²) in [6.07, 6.45) is 2.83. The molecule has 1 aliphatic heterocycles. The first-order valence-corrected chi connectivity index (χ1v) is 9.68. The molecule has 1 atom stereocenters. The van der Waals surface area contributed by atoms with Crippen LogP contribution in [0.25, 0.3) is 0 Å². The summed E-state index contributed by atoms with van der Waals surface area (Å²) in [7, 11) is 3.14. The van der Waals surface area contributed by atoms with Gasteiger partial charge in [0.15, 0.2) is 5.78 Å². The van der Waals surface area contributed by atoms with Gasteiger partial charge in [-0.05, 0) is 24.0 Å². The molecule has 2 aliphatic rings. The van der Waals surface area contributed by atoms with E-state index in [1.807, 2.05) is 6.07 Å².